The average molecular weight is 354 g/mol. The molecular weight excluding hydrogens is 336 g/mol. The fourth-order valence-electron chi connectivity index (χ4n) is 3.25. The quantitative estimate of drug-likeness (QED) is 0.895. The summed E-state index contributed by atoms with van der Waals surface area (Å²) < 4.78 is 16.4. The van der Waals surface area contributed by atoms with E-state index in [0.717, 1.165) is 22.4 Å². The van der Waals surface area contributed by atoms with Crippen LogP contribution in [0.4, 0.5) is 10.5 Å². The minimum absolute atomic E-state index is 0.0524. The number of primary amides is 1. The van der Waals surface area contributed by atoms with Crippen LogP contribution in [0, 0.1) is 0 Å². The summed E-state index contributed by atoms with van der Waals surface area (Å²) in [7, 11) is 1.73. The van der Waals surface area contributed by atoms with Crippen LogP contribution >= 0.6 is 0 Å². The number of nitrogens with two attached hydrogens (primary N) is 1. The molecule has 2 heterocycles. The van der Waals surface area contributed by atoms with Crippen LogP contribution in [0.15, 0.2) is 36.4 Å². The summed E-state index contributed by atoms with van der Waals surface area (Å²) in [4.78, 5) is 24.5. The second kappa shape index (κ2) is 6.25. The van der Waals surface area contributed by atoms with Crippen molar-refractivity contribution in [2.24, 2.45) is 5.73 Å². The highest BCUT2D eigenvalue weighted by molar-refractivity contribution is 5.98. The van der Waals surface area contributed by atoms with E-state index in [-0.39, 0.29) is 12.5 Å². The van der Waals surface area contributed by atoms with E-state index in [1.54, 1.807) is 11.9 Å². The first-order valence-corrected chi connectivity index (χ1v) is 8.29. The van der Waals surface area contributed by atoms with Gasteiger partial charge in [-0.2, -0.15) is 0 Å². The Bertz CT molecular complexity index is 895. The number of hydrogen-bond acceptors (Lipinski definition) is 5. The number of nitrogens with zero attached hydrogens (tertiary/aromatic N) is 1. The van der Waals surface area contributed by atoms with Gasteiger partial charge in [-0.1, -0.05) is 18.2 Å². The predicted octanol–water partition coefficient (Wildman–Crippen LogP) is 2.63. The van der Waals surface area contributed by atoms with E-state index < -0.39 is 12.2 Å². The van der Waals surface area contributed by atoms with Crippen molar-refractivity contribution in [3.8, 4) is 22.6 Å². The van der Waals surface area contributed by atoms with E-state index in [9.17, 15) is 9.59 Å². The lowest BCUT2D eigenvalue weighted by Gasteiger charge is -2.27. The monoisotopic (exact) mass is 354 g/mol. The van der Waals surface area contributed by atoms with E-state index in [1.165, 1.54) is 0 Å². The highest BCUT2D eigenvalue weighted by Gasteiger charge is 2.26. The number of carbonyl (C=O) groups excluding carboxylic acids is 2. The second-order valence-electron chi connectivity index (χ2n) is 6.24. The lowest BCUT2D eigenvalue weighted by atomic mass is 9.97. The molecule has 26 heavy (non-hydrogen) atoms. The van der Waals surface area contributed by atoms with Crippen molar-refractivity contribution in [2.75, 3.05) is 25.2 Å². The van der Waals surface area contributed by atoms with Gasteiger partial charge in [-0.05, 0) is 29.3 Å². The van der Waals surface area contributed by atoms with Crippen molar-refractivity contribution in [1.29, 1.82) is 0 Å². The molecule has 1 atom stereocenters. The van der Waals surface area contributed by atoms with Crippen molar-refractivity contribution < 1.29 is 23.8 Å². The summed E-state index contributed by atoms with van der Waals surface area (Å²) in [6.45, 7) is 0.500. The van der Waals surface area contributed by atoms with Gasteiger partial charge in [-0.3, -0.25) is 4.79 Å². The molecule has 2 aliphatic rings. The maximum atomic E-state index is 11.8. The summed E-state index contributed by atoms with van der Waals surface area (Å²) in [5, 5.41) is 0. The second-order valence-corrected chi connectivity index (χ2v) is 6.24. The van der Waals surface area contributed by atoms with Gasteiger partial charge in [0.2, 0.25) is 0 Å². The summed E-state index contributed by atoms with van der Waals surface area (Å²) in [6, 6.07) is 11.4. The molecule has 0 saturated heterocycles. The predicted molar refractivity (Wildman–Crippen MR) is 94.3 cm³/mol. The van der Waals surface area contributed by atoms with Crippen LogP contribution < -0.4 is 20.1 Å². The Morgan fingerprint density at radius 2 is 1.92 bits per heavy atom. The molecule has 2 aromatic rings. The van der Waals surface area contributed by atoms with Gasteiger partial charge < -0.3 is 24.8 Å². The summed E-state index contributed by atoms with van der Waals surface area (Å²) in [6.07, 6.45) is -0.626. The third-order valence-electron chi connectivity index (χ3n) is 4.64. The van der Waals surface area contributed by atoms with E-state index >= 15 is 0 Å². The van der Waals surface area contributed by atoms with Crippen molar-refractivity contribution in [3.63, 3.8) is 0 Å². The molecule has 134 valence electrons. The van der Waals surface area contributed by atoms with E-state index in [4.69, 9.17) is 19.9 Å². The Balaban J connectivity index is 1.69. The summed E-state index contributed by atoms with van der Waals surface area (Å²) in [5.74, 6) is 1.26. The molecule has 1 unspecified atom stereocenters. The van der Waals surface area contributed by atoms with Gasteiger partial charge in [-0.25, -0.2) is 4.79 Å². The molecule has 4 rings (SSSR count). The van der Waals surface area contributed by atoms with E-state index in [0.29, 0.717) is 24.5 Å². The number of likely N-dealkylation sites (N-methyl/N-ethyl adjacent to an activating group) is 1. The molecule has 7 nitrogen and oxygen atoms in total. The van der Waals surface area contributed by atoms with Gasteiger partial charge >= 0.3 is 6.09 Å². The first kappa shape index (κ1) is 16.3. The third-order valence-corrected chi connectivity index (χ3v) is 4.64. The van der Waals surface area contributed by atoms with Crippen LogP contribution in [0.5, 0.6) is 11.5 Å². The Morgan fingerprint density at radius 3 is 2.73 bits per heavy atom. The van der Waals surface area contributed by atoms with Gasteiger partial charge in [0.25, 0.3) is 5.91 Å². The van der Waals surface area contributed by atoms with Crippen LogP contribution in [-0.4, -0.2) is 32.3 Å². The molecule has 7 heteroatoms. The maximum absolute atomic E-state index is 11.8. The number of fused-ring (bicyclic) bond motifs is 2. The molecule has 0 spiro atoms. The number of anilines is 1. The number of benzene rings is 2. The van der Waals surface area contributed by atoms with Gasteiger partial charge in [0.1, 0.15) is 17.6 Å². The highest BCUT2D eigenvalue weighted by Crippen LogP contribution is 2.40. The molecule has 2 N–H and O–H groups in total. The van der Waals surface area contributed by atoms with Crippen LogP contribution in [0.2, 0.25) is 0 Å². The number of rotatable bonds is 2. The largest absolute Gasteiger partial charge is 0.493 e. The zero-order valence-corrected chi connectivity index (χ0v) is 14.2. The van der Waals surface area contributed by atoms with Gasteiger partial charge in [-0.15, -0.1) is 0 Å². The molecular formula is C19H18N2O5. The zero-order chi connectivity index (χ0) is 18.3. The molecule has 2 aromatic carbocycles. The standard InChI is InChI=1S/C19H18N2O5/c1-21-14-8-11(3-5-16(14)25-10-18(21)22)12-2-4-13-15(26-19(20)23)6-7-24-17(13)9-12/h2-5,8-9,15H,6-7,10H2,1H3,(H2,20,23). The number of ether oxygens (including phenoxy) is 3. The molecule has 0 aromatic heterocycles. The van der Waals surface area contributed by atoms with Crippen molar-refractivity contribution in [3.05, 3.63) is 42.0 Å². The summed E-state index contributed by atoms with van der Waals surface area (Å²) in [5.41, 5.74) is 8.53. The Kier molecular flexibility index (Phi) is 3.91. The number of carbonyl (C=O) groups is 2. The summed E-state index contributed by atoms with van der Waals surface area (Å²) >= 11 is 0. The Labute approximate surface area is 150 Å². The van der Waals surface area contributed by atoms with Crippen molar-refractivity contribution in [2.45, 2.75) is 12.5 Å². The van der Waals surface area contributed by atoms with Crippen molar-refractivity contribution >= 4 is 17.7 Å². The maximum Gasteiger partial charge on any atom is 0.405 e. The fraction of sp³-hybridized carbons (Fsp3) is 0.263. The van der Waals surface area contributed by atoms with E-state index in [1.807, 2.05) is 36.4 Å². The van der Waals surface area contributed by atoms with Crippen LogP contribution in [0.3, 0.4) is 0 Å². The fourth-order valence-corrected chi connectivity index (χ4v) is 3.25. The van der Waals surface area contributed by atoms with Crippen LogP contribution in [0.1, 0.15) is 18.1 Å². The van der Waals surface area contributed by atoms with E-state index in [2.05, 4.69) is 0 Å². The molecule has 0 bridgehead atoms. The van der Waals surface area contributed by atoms with Crippen molar-refractivity contribution in [1.82, 2.24) is 0 Å². The molecule has 2 amide bonds. The van der Waals surface area contributed by atoms with Gasteiger partial charge in [0, 0.05) is 19.0 Å². The van der Waals surface area contributed by atoms with Crippen LogP contribution in [0.25, 0.3) is 11.1 Å². The first-order valence-electron chi connectivity index (χ1n) is 8.29. The minimum Gasteiger partial charge on any atom is -0.493 e. The molecule has 0 aliphatic carbocycles. The van der Waals surface area contributed by atoms with Crippen LogP contribution in [-0.2, 0) is 9.53 Å². The lowest BCUT2D eigenvalue weighted by molar-refractivity contribution is -0.120. The molecule has 0 saturated carbocycles. The van der Waals surface area contributed by atoms with Gasteiger partial charge in [0.15, 0.2) is 6.61 Å². The minimum atomic E-state index is -0.797. The molecule has 0 fully saturated rings. The highest BCUT2D eigenvalue weighted by atomic mass is 16.6. The Hall–Kier alpha value is -3.22. The number of hydrogen-bond donors (Lipinski definition) is 1. The first-order chi connectivity index (χ1) is 12.5. The Morgan fingerprint density at radius 1 is 1.15 bits per heavy atom. The SMILES string of the molecule is CN1C(=O)COc2ccc(-c3ccc4c(c3)OCCC4OC(N)=O)cc21. The zero-order valence-electron chi connectivity index (χ0n) is 14.2. The molecule has 2 aliphatic heterocycles. The average Bonchev–Trinajstić information content (AvgIpc) is 2.64. The number of amides is 2. The molecule has 0 radical (unpaired) electrons. The third kappa shape index (κ3) is 2.81. The smallest absolute Gasteiger partial charge is 0.405 e. The normalized spacial score (nSPS) is 18.3. The van der Waals surface area contributed by atoms with Gasteiger partial charge in [0.05, 0.1) is 12.3 Å². The topological polar surface area (TPSA) is 91.1 Å². The lowest BCUT2D eigenvalue weighted by Crippen LogP contribution is -2.35.